The van der Waals surface area contributed by atoms with Gasteiger partial charge >= 0.3 is 0 Å². The van der Waals surface area contributed by atoms with Gasteiger partial charge in [0.05, 0.1) is 11.1 Å². The lowest BCUT2D eigenvalue weighted by atomic mass is 10.3. The fourth-order valence-electron chi connectivity index (χ4n) is 2.06. The van der Waals surface area contributed by atoms with Crippen LogP contribution in [-0.4, -0.2) is 54.6 Å². The molecule has 4 N–H and O–H groups in total. The van der Waals surface area contributed by atoms with E-state index in [1.807, 2.05) is 6.07 Å². The fourth-order valence-corrected chi connectivity index (χ4v) is 3.24. The number of thioether (sulfide) groups is 1. The van der Waals surface area contributed by atoms with Gasteiger partial charge in [-0.25, -0.2) is 0 Å². The summed E-state index contributed by atoms with van der Waals surface area (Å²) in [6.07, 6.45) is -0.347. The lowest BCUT2D eigenvalue weighted by Gasteiger charge is -2.29. The van der Waals surface area contributed by atoms with Crippen LogP contribution in [0.25, 0.3) is 0 Å². The van der Waals surface area contributed by atoms with E-state index in [9.17, 15) is 5.11 Å². The number of benzene rings is 1. The number of nitrogens with two attached hydrogens (primary N) is 1. The van der Waals surface area contributed by atoms with Crippen LogP contribution in [0, 0.1) is 0 Å². The minimum absolute atomic E-state index is 0.347. The second kappa shape index (κ2) is 7.36. The predicted octanol–water partition coefficient (Wildman–Crippen LogP) is 1.28. The Morgan fingerprint density at radius 2 is 2.16 bits per heavy atom. The smallest absolute Gasteiger partial charge is 0.0760 e. The largest absolute Gasteiger partial charge is 0.399 e. The van der Waals surface area contributed by atoms with Gasteiger partial charge in [-0.05, 0) is 18.2 Å². The van der Waals surface area contributed by atoms with E-state index in [0.29, 0.717) is 23.0 Å². The number of aliphatic hydroxyl groups excluding tert-OH is 1. The van der Waals surface area contributed by atoms with Gasteiger partial charge in [-0.2, -0.15) is 0 Å². The van der Waals surface area contributed by atoms with Crippen molar-refractivity contribution in [1.29, 1.82) is 0 Å². The van der Waals surface area contributed by atoms with E-state index in [1.165, 1.54) is 0 Å². The Morgan fingerprint density at radius 1 is 1.42 bits per heavy atom. The van der Waals surface area contributed by atoms with Crippen LogP contribution in [0.15, 0.2) is 23.1 Å². The average molecular weight is 302 g/mol. The van der Waals surface area contributed by atoms with Crippen LogP contribution < -0.4 is 11.1 Å². The van der Waals surface area contributed by atoms with E-state index >= 15 is 0 Å². The SMILES string of the molecule is Nc1ccc(Cl)c(SCC(O)CN2CCNCC2)c1. The van der Waals surface area contributed by atoms with Gasteiger partial charge in [0, 0.05) is 49.1 Å². The molecule has 0 saturated carbocycles. The van der Waals surface area contributed by atoms with E-state index in [-0.39, 0.29) is 6.10 Å². The van der Waals surface area contributed by atoms with Gasteiger partial charge in [0.2, 0.25) is 0 Å². The first-order valence-corrected chi connectivity index (χ1v) is 7.80. The van der Waals surface area contributed by atoms with Gasteiger partial charge in [-0.1, -0.05) is 11.6 Å². The molecule has 1 fully saturated rings. The van der Waals surface area contributed by atoms with Gasteiger partial charge in [-0.15, -0.1) is 11.8 Å². The molecule has 0 radical (unpaired) electrons. The van der Waals surface area contributed by atoms with Crippen LogP contribution in [0.1, 0.15) is 0 Å². The van der Waals surface area contributed by atoms with Crippen LogP contribution in [0.2, 0.25) is 5.02 Å². The maximum Gasteiger partial charge on any atom is 0.0760 e. The van der Waals surface area contributed by atoms with Gasteiger partial charge in [0.25, 0.3) is 0 Å². The van der Waals surface area contributed by atoms with Crippen molar-refractivity contribution in [2.45, 2.75) is 11.0 Å². The highest BCUT2D eigenvalue weighted by Gasteiger charge is 2.15. The first-order chi connectivity index (χ1) is 9.15. The molecule has 0 amide bonds. The third-order valence-corrected chi connectivity index (χ3v) is 4.71. The van der Waals surface area contributed by atoms with Crippen molar-refractivity contribution in [3.8, 4) is 0 Å². The summed E-state index contributed by atoms with van der Waals surface area (Å²) in [7, 11) is 0. The van der Waals surface area contributed by atoms with Crippen molar-refractivity contribution < 1.29 is 5.11 Å². The highest BCUT2D eigenvalue weighted by molar-refractivity contribution is 7.99. The number of hydrogen-bond acceptors (Lipinski definition) is 5. The first kappa shape index (κ1) is 14.9. The summed E-state index contributed by atoms with van der Waals surface area (Å²) in [5.41, 5.74) is 6.43. The molecule has 1 heterocycles. The zero-order valence-electron chi connectivity index (χ0n) is 10.8. The quantitative estimate of drug-likeness (QED) is 0.565. The summed E-state index contributed by atoms with van der Waals surface area (Å²) >= 11 is 7.65. The van der Waals surface area contributed by atoms with Crippen molar-refractivity contribution in [2.24, 2.45) is 0 Å². The molecule has 1 unspecified atom stereocenters. The monoisotopic (exact) mass is 301 g/mol. The Hall–Kier alpha value is -0.460. The number of nitrogen functional groups attached to an aromatic ring is 1. The minimum Gasteiger partial charge on any atom is -0.399 e. The molecule has 6 heteroatoms. The lowest BCUT2D eigenvalue weighted by Crippen LogP contribution is -2.46. The van der Waals surface area contributed by atoms with Crippen molar-refractivity contribution >= 4 is 29.1 Å². The van der Waals surface area contributed by atoms with Gasteiger partial charge in [-0.3, -0.25) is 4.90 Å². The minimum atomic E-state index is -0.347. The Morgan fingerprint density at radius 3 is 2.89 bits per heavy atom. The lowest BCUT2D eigenvalue weighted by molar-refractivity contribution is 0.121. The highest BCUT2D eigenvalue weighted by Crippen LogP contribution is 2.29. The van der Waals surface area contributed by atoms with E-state index < -0.39 is 0 Å². The molecular formula is C13H20ClN3OS. The average Bonchev–Trinajstić information content (AvgIpc) is 2.41. The molecule has 1 atom stereocenters. The molecule has 0 bridgehead atoms. The van der Waals surface area contributed by atoms with E-state index in [1.54, 1.807) is 23.9 Å². The molecular weight excluding hydrogens is 282 g/mol. The van der Waals surface area contributed by atoms with Crippen molar-refractivity contribution in [2.75, 3.05) is 44.2 Å². The predicted molar refractivity (Wildman–Crippen MR) is 81.9 cm³/mol. The van der Waals surface area contributed by atoms with E-state index in [4.69, 9.17) is 17.3 Å². The molecule has 0 spiro atoms. The Balaban J connectivity index is 1.79. The van der Waals surface area contributed by atoms with Crippen LogP contribution in [0.5, 0.6) is 0 Å². The summed E-state index contributed by atoms with van der Waals surface area (Å²) in [6.45, 7) is 4.72. The molecule has 4 nitrogen and oxygen atoms in total. The zero-order chi connectivity index (χ0) is 13.7. The number of aliphatic hydroxyl groups is 1. The molecule has 106 valence electrons. The molecule has 1 saturated heterocycles. The summed E-state index contributed by atoms with van der Waals surface area (Å²) in [5.74, 6) is 0.632. The van der Waals surface area contributed by atoms with Crippen molar-refractivity contribution in [1.82, 2.24) is 10.2 Å². The number of nitrogens with zero attached hydrogens (tertiary/aromatic N) is 1. The number of rotatable bonds is 5. The number of β-amino-alcohol motifs (C(OH)–C–C–N with tert-alkyl or cyclic N) is 1. The van der Waals surface area contributed by atoms with E-state index in [2.05, 4.69) is 10.2 Å². The number of anilines is 1. The maximum absolute atomic E-state index is 10.1. The van der Waals surface area contributed by atoms with Gasteiger partial charge < -0.3 is 16.2 Å². The Bertz CT molecular complexity index is 413. The maximum atomic E-state index is 10.1. The topological polar surface area (TPSA) is 61.5 Å². The van der Waals surface area contributed by atoms with Crippen LogP contribution in [0.3, 0.4) is 0 Å². The summed E-state index contributed by atoms with van der Waals surface area (Å²) in [6, 6.07) is 5.43. The summed E-state index contributed by atoms with van der Waals surface area (Å²) < 4.78 is 0. The van der Waals surface area contributed by atoms with Crippen molar-refractivity contribution in [3.05, 3.63) is 23.2 Å². The van der Waals surface area contributed by atoms with Crippen molar-refractivity contribution in [3.63, 3.8) is 0 Å². The van der Waals surface area contributed by atoms with Crippen LogP contribution in [0.4, 0.5) is 5.69 Å². The standard InChI is InChI=1S/C13H20ClN3OS/c14-12-2-1-10(15)7-13(12)19-9-11(18)8-17-5-3-16-4-6-17/h1-2,7,11,16,18H,3-6,8-9,15H2. The summed E-state index contributed by atoms with van der Waals surface area (Å²) in [5, 5.41) is 14.1. The molecule has 1 aromatic carbocycles. The molecule has 1 aliphatic heterocycles. The third-order valence-electron chi connectivity index (χ3n) is 3.07. The molecule has 19 heavy (non-hydrogen) atoms. The summed E-state index contributed by atoms with van der Waals surface area (Å²) in [4.78, 5) is 3.21. The van der Waals surface area contributed by atoms with E-state index in [0.717, 1.165) is 31.1 Å². The first-order valence-electron chi connectivity index (χ1n) is 6.44. The molecule has 0 aliphatic carbocycles. The number of hydrogen-bond donors (Lipinski definition) is 3. The van der Waals surface area contributed by atoms with Crippen LogP contribution in [-0.2, 0) is 0 Å². The normalized spacial score (nSPS) is 18.4. The molecule has 1 aromatic rings. The van der Waals surface area contributed by atoms with Gasteiger partial charge in [0.1, 0.15) is 0 Å². The van der Waals surface area contributed by atoms with Gasteiger partial charge in [0.15, 0.2) is 0 Å². The number of piperazine rings is 1. The second-order valence-corrected chi connectivity index (χ2v) is 6.17. The Labute approximate surface area is 123 Å². The molecule has 1 aliphatic rings. The fraction of sp³-hybridized carbons (Fsp3) is 0.538. The Kier molecular flexibility index (Phi) is 5.78. The zero-order valence-corrected chi connectivity index (χ0v) is 12.4. The number of nitrogens with one attached hydrogen (secondary N) is 1. The third kappa shape index (κ3) is 4.85. The highest BCUT2D eigenvalue weighted by atomic mass is 35.5. The molecule has 2 rings (SSSR count). The molecule has 0 aromatic heterocycles. The second-order valence-electron chi connectivity index (χ2n) is 4.71. The number of halogens is 1. The van der Waals surface area contributed by atoms with Crippen LogP contribution >= 0.6 is 23.4 Å².